The molecule has 1 aromatic carbocycles. The zero-order valence-corrected chi connectivity index (χ0v) is 14.8. The molecule has 114 valence electrons. The second-order valence-electron chi connectivity index (χ2n) is 5.47. The van der Waals surface area contributed by atoms with Gasteiger partial charge in [0.05, 0.1) is 20.9 Å². The molecule has 1 amide bonds. The van der Waals surface area contributed by atoms with Crippen molar-refractivity contribution >= 4 is 34.2 Å². The van der Waals surface area contributed by atoms with Crippen LogP contribution in [0.15, 0.2) is 12.1 Å². The van der Waals surface area contributed by atoms with Gasteiger partial charge in [-0.25, -0.2) is 0 Å². The molecule has 0 fully saturated rings. The normalized spacial score (nSPS) is 12.4. The molecule has 1 atom stereocenters. The lowest BCUT2D eigenvalue weighted by Gasteiger charge is -2.27. The van der Waals surface area contributed by atoms with Gasteiger partial charge in [0.2, 0.25) is 0 Å². The molecule has 1 aromatic rings. The number of nitrogens with zero attached hydrogens (tertiary/aromatic N) is 1. The van der Waals surface area contributed by atoms with Crippen LogP contribution in [0.1, 0.15) is 39.7 Å². The van der Waals surface area contributed by atoms with Crippen molar-refractivity contribution in [3.8, 4) is 11.8 Å². The second-order valence-corrected chi connectivity index (χ2v) is 6.64. The van der Waals surface area contributed by atoms with E-state index in [-0.39, 0.29) is 11.4 Å². The molecule has 0 heterocycles. The van der Waals surface area contributed by atoms with E-state index in [0.29, 0.717) is 20.6 Å². The van der Waals surface area contributed by atoms with Crippen LogP contribution in [0.5, 0.6) is 5.75 Å². The average Bonchev–Trinajstić information content (AvgIpc) is 2.41. The number of hydrogen-bond acceptors (Lipinski definition) is 4. The summed E-state index contributed by atoms with van der Waals surface area (Å²) in [7, 11) is 0. The number of carbonyl (C=O) groups excluding carboxylic acids is 1. The fourth-order valence-corrected chi connectivity index (χ4v) is 2.33. The number of nitrogens with one attached hydrogen (secondary N) is 1. The van der Waals surface area contributed by atoms with E-state index in [1.54, 1.807) is 13.0 Å². The molecule has 21 heavy (non-hydrogen) atoms. The van der Waals surface area contributed by atoms with Gasteiger partial charge in [0.25, 0.3) is 5.91 Å². The highest BCUT2D eigenvalue weighted by Gasteiger charge is 2.24. The fraction of sp³-hybridized carbons (Fsp3) is 0.467. The summed E-state index contributed by atoms with van der Waals surface area (Å²) in [4.78, 5) is 12.1. The van der Waals surface area contributed by atoms with Crippen LogP contribution in [-0.4, -0.2) is 17.6 Å². The van der Waals surface area contributed by atoms with Gasteiger partial charge < -0.3 is 15.8 Å². The summed E-state index contributed by atoms with van der Waals surface area (Å²) in [5, 5.41) is 11.8. The predicted octanol–water partition coefficient (Wildman–Crippen LogP) is 2.82. The van der Waals surface area contributed by atoms with Crippen LogP contribution in [0.3, 0.4) is 0 Å². The van der Waals surface area contributed by atoms with Crippen LogP contribution in [0, 0.1) is 14.9 Å². The van der Waals surface area contributed by atoms with Gasteiger partial charge in [-0.1, -0.05) is 6.92 Å². The molecule has 0 bridgehead atoms. The van der Waals surface area contributed by atoms with Crippen molar-refractivity contribution < 1.29 is 9.53 Å². The molecule has 0 saturated carbocycles. The van der Waals surface area contributed by atoms with E-state index in [9.17, 15) is 4.79 Å². The number of nitrogen functional groups attached to an aromatic ring is 1. The first-order valence-corrected chi connectivity index (χ1v) is 7.76. The van der Waals surface area contributed by atoms with Gasteiger partial charge in [-0.15, -0.1) is 0 Å². The fourth-order valence-electron chi connectivity index (χ4n) is 1.56. The summed E-state index contributed by atoms with van der Waals surface area (Å²) in [5.74, 6) is 0.243. The van der Waals surface area contributed by atoms with E-state index in [2.05, 4.69) is 5.32 Å². The summed E-state index contributed by atoms with van der Waals surface area (Å²) in [5.41, 5.74) is 6.43. The Hall–Kier alpha value is -1.49. The Kier molecular flexibility index (Phi) is 5.84. The highest BCUT2D eigenvalue weighted by Crippen LogP contribution is 2.30. The standard InChI is InChI=1S/C15H20IN3O2/c1-5-15(3,4)19-14(20)9(2)21-13-11(16)6-10(8-17)7-12(13)18/h6-7,9H,5,18H2,1-4H3,(H,19,20). The lowest BCUT2D eigenvalue weighted by atomic mass is 10.0. The summed E-state index contributed by atoms with van der Waals surface area (Å²) >= 11 is 2.04. The molecule has 0 radical (unpaired) electrons. The first-order valence-electron chi connectivity index (χ1n) is 6.68. The smallest absolute Gasteiger partial charge is 0.261 e. The molecule has 3 N–H and O–H groups in total. The molecular weight excluding hydrogens is 381 g/mol. The number of rotatable bonds is 5. The number of anilines is 1. The number of nitrogens with two attached hydrogens (primary N) is 1. The molecule has 1 unspecified atom stereocenters. The molecular formula is C15H20IN3O2. The van der Waals surface area contributed by atoms with Crippen molar-refractivity contribution in [2.45, 2.75) is 45.8 Å². The van der Waals surface area contributed by atoms with Gasteiger partial charge in [0.1, 0.15) is 0 Å². The van der Waals surface area contributed by atoms with Crippen molar-refractivity contribution in [2.24, 2.45) is 0 Å². The number of hydrogen-bond donors (Lipinski definition) is 2. The lowest BCUT2D eigenvalue weighted by molar-refractivity contribution is -0.128. The van der Waals surface area contributed by atoms with Crippen LogP contribution < -0.4 is 15.8 Å². The second kappa shape index (κ2) is 6.98. The summed E-state index contributed by atoms with van der Waals surface area (Å²) < 4.78 is 6.38. The third kappa shape index (κ3) is 4.77. The SMILES string of the molecule is CCC(C)(C)NC(=O)C(C)Oc1c(N)cc(C#N)cc1I. The highest BCUT2D eigenvalue weighted by atomic mass is 127. The Labute approximate surface area is 139 Å². The lowest BCUT2D eigenvalue weighted by Crippen LogP contribution is -2.48. The molecule has 0 aromatic heterocycles. The molecule has 0 aliphatic carbocycles. The van der Waals surface area contributed by atoms with E-state index in [1.165, 1.54) is 6.07 Å². The Bertz CT molecular complexity index is 556. The zero-order chi connectivity index (χ0) is 16.2. The average molecular weight is 401 g/mol. The Balaban J connectivity index is 2.87. The van der Waals surface area contributed by atoms with Crippen molar-refractivity contribution in [1.82, 2.24) is 5.32 Å². The van der Waals surface area contributed by atoms with E-state index >= 15 is 0 Å². The third-order valence-corrected chi connectivity index (χ3v) is 4.01. The number of amides is 1. The van der Waals surface area contributed by atoms with Gasteiger partial charge in [0.15, 0.2) is 11.9 Å². The predicted molar refractivity (Wildman–Crippen MR) is 90.9 cm³/mol. The van der Waals surface area contributed by atoms with Crippen LogP contribution in [0.4, 0.5) is 5.69 Å². The molecule has 0 aliphatic rings. The van der Waals surface area contributed by atoms with Crippen LogP contribution >= 0.6 is 22.6 Å². The van der Waals surface area contributed by atoms with E-state index in [4.69, 9.17) is 15.7 Å². The Morgan fingerprint density at radius 1 is 1.57 bits per heavy atom. The minimum Gasteiger partial charge on any atom is -0.478 e. The van der Waals surface area contributed by atoms with Crippen LogP contribution in [-0.2, 0) is 4.79 Å². The maximum absolute atomic E-state index is 12.1. The first-order chi connectivity index (χ1) is 9.70. The minimum atomic E-state index is -0.667. The van der Waals surface area contributed by atoms with Gasteiger partial charge in [-0.3, -0.25) is 4.79 Å². The quantitative estimate of drug-likeness (QED) is 0.587. The molecule has 5 nitrogen and oxygen atoms in total. The van der Waals surface area contributed by atoms with Crippen molar-refractivity contribution in [1.29, 1.82) is 5.26 Å². The molecule has 0 spiro atoms. The minimum absolute atomic E-state index is 0.193. The number of nitriles is 1. The Morgan fingerprint density at radius 3 is 2.67 bits per heavy atom. The first kappa shape index (κ1) is 17.6. The molecule has 0 aliphatic heterocycles. The van der Waals surface area contributed by atoms with Crippen molar-refractivity contribution in [2.75, 3.05) is 5.73 Å². The van der Waals surface area contributed by atoms with Gasteiger partial charge in [-0.2, -0.15) is 5.26 Å². The Morgan fingerprint density at radius 2 is 2.19 bits per heavy atom. The van der Waals surface area contributed by atoms with E-state index in [0.717, 1.165) is 6.42 Å². The molecule has 6 heteroatoms. The van der Waals surface area contributed by atoms with Crippen LogP contribution in [0.25, 0.3) is 0 Å². The van der Waals surface area contributed by atoms with E-state index in [1.807, 2.05) is 49.4 Å². The maximum Gasteiger partial charge on any atom is 0.261 e. The van der Waals surface area contributed by atoms with Gasteiger partial charge >= 0.3 is 0 Å². The molecule has 1 rings (SSSR count). The number of halogens is 1. The van der Waals surface area contributed by atoms with Gasteiger partial charge in [0, 0.05) is 5.54 Å². The van der Waals surface area contributed by atoms with Crippen LogP contribution in [0.2, 0.25) is 0 Å². The third-order valence-electron chi connectivity index (χ3n) is 3.21. The number of ether oxygens (including phenoxy) is 1. The zero-order valence-electron chi connectivity index (χ0n) is 12.7. The maximum atomic E-state index is 12.1. The summed E-state index contributed by atoms with van der Waals surface area (Å²) in [6, 6.07) is 5.24. The van der Waals surface area contributed by atoms with Gasteiger partial charge in [-0.05, 0) is 61.9 Å². The largest absolute Gasteiger partial charge is 0.478 e. The number of benzene rings is 1. The topological polar surface area (TPSA) is 88.1 Å². The van der Waals surface area contributed by atoms with E-state index < -0.39 is 6.10 Å². The summed E-state index contributed by atoms with van der Waals surface area (Å²) in [6.45, 7) is 7.59. The molecule has 0 saturated heterocycles. The monoisotopic (exact) mass is 401 g/mol. The highest BCUT2D eigenvalue weighted by molar-refractivity contribution is 14.1. The van der Waals surface area contributed by atoms with Crippen molar-refractivity contribution in [3.63, 3.8) is 0 Å². The summed E-state index contributed by atoms with van der Waals surface area (Å²) in [6.07, 6.45) is 0.154. The van der Waals surface area contributed by atoms with Crippen molar-refractivity contribution in [3.05, 3.63) is 21.3 Å². The number of carbonyl (C=O) groups is 1.